The maximum Gasteiger partial charge on any atom is 0.254 e. The third-order valence-corrected chi connectivity index (χ3v) is 9.83. The number of nitrogens with one attached hydrogen (secondary N) is 1. The van der Waals surface area contributed by atoms with E-state index in [4.69, 9.17) is 32.7 Å². The van der Waals surface area contributed by atoms with E-state index in [-0.39, 0.29) is 35.0 Å². The van der Waals surface area contributed by atoms with E-state index in [0.29, 0.717) is 17.6 Å². The van der Waals surface area contributed by atoms with Crippen molar-refractivity contribution in [2.45, 2.75) is 22.6 Å². The van der Waals surface area contributed by atoms with E-state index < -0.39 is 51.1 Å². The van der Waals surface area contributed by atoms with Gasteiger partial charge in [-0.25, -0.2) is 0 Å². The Hall–Kier alpha value is -2.56. The zero-order valence-corrected chi connectivity index (χ0v) is 22.9. The number of allylic oxidation sites excluding steroid dienone is 3. The highest BCUT2D eigenvalue weighted by Gasteiger charge is 2.75. The van der Waals surface area contributed by atoms with Gasteiger partial charge in [-0.1, -0.05) is 39.7 Å². The van der Waals surface area contributed by atoms with Crippen LogP contribution < -0.4 is 14.8 Å². The molecule has 3 fully saturated rings. The smallest absolute Gasteiger partial charge is 0.254 e. The van der Waals surface area contributed by atoms with E-state index in [0.717, 1.165) is 4.90 Å². The molecular weight excluding hydrogens is 591 g/mol. The zero-order valence-electron chi connectivity index (χ0n) is 19.8. The number of halogens is 3. The van der Waals surface area contributed by atoms with Crippen LogP contribution in [0.15, 0.2) is 29.9 Å². The van der Waals surface area contributed by atoms with Crippen LogP contribution in [0, 0.1) is 23.7 Å². The molecule has 2 aliphatic heterocycles. The van der Waals surface area contributed by atoms with E-state index in [9.17, 15) is 24.3 Å². The lowest BCUT2D eigenvalue weighted by molar-refractivity contribution is -0.138. The summed E-state index contributed by atoms with van der Waals surface area (Å²) in [7, 11) is 2.80. The van der Waals surface area contributed by atoms with E-state index >= 15 is 0 Å². The standard InChI is InChI=1S/C25H23BrCl2N2O7/c1-36-16-7-11(8-17(37-2)19(16)31)3-6-15-12-4-5-13-18(21(33)29-20(13)32)14(12)9-24(27)22(34)30(10-26)23(35)25(15,24)28/h3-4,6-8,13-15,18,31H,5,9-10H2,1-2H3,(H,29,32,33). The molecule has 12 heteroatoms. The minimum absolute atomic E-state index is 0.0645. The van der Waals surface area contributed by atoms with Crippen LogP contribution in [0.3, 0.4) is 0 Å². The van der Waals surface area contributed by atoms with Crippen LogP contribution in [0.25, 0.3) is 6.08 Å². The number of likely N-dealkylation sites (tertiary alicyclic amines) is 1. The number of phenols is 1. The number of rotatable bonds is 5. The number of fused-ring (bicyclic) bond motifs is 4. The number of benzene rings is 1. The molecule has 2 aliphatic carbocycles. The molecule has 37 heavy (non-hydrogen) atoms. The molecule has 1 aromatic carbocycles. The number of carbonyl (C=O) groups is 4. The average molecular weight is 614 g/mol. The second-order valence-corrected chi connectivity index (χ2v) is 11.3. The van der Waals surface area contributed by atoms with E-state index in [2.05, 4.69) is 21.2 Å². The Morgan fingerprint density at radius 2 is 1.76 bits per heavy atom. The summed E-state index contributed by atoms with van der Waals surface area (Å²) in [6.07, 6.45) is 5.41. The quantitative estimate of drug-likeness (QED) is 0.227. The number of imide groups is 2. The van der Waals surface area contributed by atoms with Crippen molar-refractivity contribution in [1.29, 1.82) is 0 Å². The minimum atomic E-state index is -1.87. The monoisotopic (exact) mass is 612 g/mol. The number of nitrogens with zero attached hydrogens (tertiary/aromatic N) is 1. The summed E-state index contributed by atoms with van der Waals surface area (Å²) in [4.78, 5) is 49.5. The lowest BCUT2D eigenvalue weighted by Crippen LogP contribution is -2.60. The van der Waals surface area contributed by atoms with Crippen LogP contribution in [0.5, 0.6) is 17.2 Å². The molecule has 6 atom stereocenters. The van der Waals surface area contributed by atoms with Crippen LogP contribution >= 0.6 is 39.1 Å². The molecule has 5 rings (SSSR count). The molecule has 1 saturated carbocycles. The topological polar surface area (TPSA) is 122 Å². The Balaban J connectivity index is 1.66. The lowest BCUT2D eigenvalue weighted by atomic mass is 9.57. The molecule has 0 radical (unpaired) electrons. The van der Waals surface area contributed by atoms with Crippen molar-refractivity contribution in [2.75, 3.05) is 19.7 Å². The number of carbonyl (C=O) groups excluding carboxylic acids is 4. The van der Waals surface area contributed by atoms with Crippen LogP contribution in [0.2, 0.25) is 0 Å². The van der Waals surface area contributed by atoms with E-state index in [1.807, 2.05) is 6.08 Å². The molecule has 0 spiro atoms. The maximum absolute atomic E-state index is 13.6. The summed E-state index contributed by atoms with van der Waals surface area (Å²) in [6, 6.07) is 3.15. The molecule has 2 saturated heterocycles. The van der Waals surface area contributed by atoms with E-state index in [1.165, 1.54) is 14.2 Å². The van der Waals surface area contributed by atoms with Gasteiger partial charge in [0.25, 0.3) is 11.8 Å². The molecule has 4 aliphatic rings. The largest absolute Gasteiger partial charge is 0.502 e. The molecule has 1 aromatic rings. The van der Waals surface area contributed by atoms with Gasteiger partial charge < -0.3 is 14.6 Å². The maximum atomic E-state index is 13.6. The SMILES string of the molecule is COc1cc(C=CC2C3=CCC4C(=O)NC(=O)C4C3CC3(Cl)C(=O)N(CBr)C(=O)C23Cl)cc(OC)c1O. The Morgan fingerprint density at radius 3 is 2.35 bits per heavy atom. The third-order valence-electron chi connectivity index (χ3n) is 7.90. The first-order valence-corrected chi connectivity index (χ1v) is 13.4. The van der Waals surface area contributed by atoms with Crippen molar-refractivity contribution in [1.82, 2.24) is 10.2 Å². The summed E-state index contributed by atoms with van der Waals surface area (Å²) in [5.74, 6) is -4.62. The fourth-order valence-electron chi connectivity index (χ4n) is 6.13. The van der Waals surface area contributed by atoms with Crippen molar-refractivity contribution >= 4 is 68.8 Å². The van der Waals surface area contributed by atoms with Gasteiger partial charge in [0, 0.05) is 5.92 Å². The second-order valence-electron chi connectivity index (χ2n) is 9.52. The minimum Gasteiger partial charge on any atom is -0.502 e. The van der Waals surface area contributed by atoms with Gasteiger partial charge in [0.05, 0.1) is 31.5 Å². The molecular formula is C25H23BrCl2N2O7. The molecule has 0 bridgehead atoms. The molecule has 196 valence electrons. The van der Waals surface area contributed by atoms with Crippen molar-refractivity contribution in [2.24, 2.45) is 23.7 Å². The zero-order chi connectivity index (χ0) is 26.9. The Morgan fingerprint density at radius 1 is 1.11 bits per heavy atom. The number of hydrogen-bond acceptors (Lipinski definition) is 7. The molecule has 9 nitrogen and oxygen atoms in total. The number of phenolic OH excluding ortho intramolecular Hbond substituents is 1. The molecule has 2 N–H and O–H groups in total. The molecule has 6 unspecified atom stereocenters. The highest BCUT2D eigenvalue weighted by molar-refractivity contribution is 9.09. The van der Waals surface area contributed by atoms with Crippen molar-refractivity contribution in [3.05, 3.63) is 35.4 Å². The van der Waals surface area contributed by atoms with Crippen LogP contribution in [0.4, 0.5) is 0 Å². The van der Waals surface area contributed by atoms with Gasteiger partial charge in [-0.2, -0.15) is 0 Å². The first-order chi connectivity index (χ1) is 17.5. The van der Waals surface area contributed by atoms with Gasteiger partial charge in [-0.05, 0) is 36.5 Å². The Kier molecular flexibility index (Phi) is 6.36. The Bertz CT molecular complexity index is 1270. The molecule has 0 aromatic heterocycles. The first kappa shape index (κ1) is 26.1. The third kappa shape index (κ3) is 3.48. The van der Waals surface area contributed by atoms with Gasteiger partial charge in [0.15, 0.2) is 21.2 Å². The predicted molar refractivity (Wildman–Crippen MR) is 137 cm³/mol. The predicted octanol–water partition coefficient (Wildman–Crippen LogP) is 2.95. The normalized spacial score (nSPS) is 34.7. The number of ether oxygens (including phenoxy) is 2. The van der Waals surface area contributed by atoms with Crippen molar-refractivity contribution in [3.8, 4) is 17.2 Å². The van der Waals surface area contributed by atoms with Crippen LogP contribution in [0.1, 0.15) is 18.4 Å². The number of hydrogen-bond donors (Lipinski definition) is 2. The van der Waals surface area contributed by atoms with E-state index in [1.54, 1.807) is 24.3 Å². The second kappa shape index (κ2) is 9.03. The van der Waals surface area contributed by atoms with Gasteiger partial charge in [-0.15, -0.1) is 23.2 Å². The van der Waals surface area contributed by atoms with Gasteiger partial charge in [0.1, 0.15) is 0 Å². The van der Waals surface area contributed by atoms with Crippen LogP contribution in [-0.2, 0) is 19.2 Å². The average Bonchev–Trinajstić information content (AvgIpc) is 3.25. The summed E-state index contributed by atoms with van der Waals surface area (Å²) in [5.41, 5.74) is 1.15. The van der Waals surface area contributed by atoms with Gasteiger partial charge in [-0.3, -0.25) is 29.4 Å². The number of alkyl halides is 3. The number of methoxy groups -OCH3 is 2. The highest BCUT2D eigenvalue weighted by Crippen LogP contribution is 2.62. The summed E-state index contributed by atoms with van der Waals surface area (Å²) < 4.78 is 10.5. The number of amides is 4. The van der Waals surface area contributed by atoms with Crippen molar-refractivity contribution < 1.29 is 33.8 Å². The molecule has 4 amide bonds. The molecule has 2 heterocycles. The highest BCUT2D eigenvalue weighted by atomic mass is 79.9. The Labute approximate surface area is 230 Å². The fraction of sp³-hybridized carbons (Fsp3) is 0.440. The fourth-order valence-corrected chi connectivity index (χ4v) is 7.51. The van der Waals surface area contributed by atoms with Crippen molar-refractivity contribution in [3.63, 3.8) is 0 Å². The van der Waals surface area contributed by atoms with Crippen LogP contribution in [-0.4, -0.2) is 63.1 Å². The first-order valence-electron chi connectivity index (χ1n) is 11.5. The summed E-state index contributed by atoms with van der Waals surface area (Å²) >= 11 is 17.3. The van der Waals surface area contributed by atoms with Gasteiger partial charge >= 0.3 is 0 Å². The number of aromatic hydroxyl groups is 1. The summed E-state index contributed by atoms with van der Waals surface area (Å²) in [5, 5.41) is 12.6. The summed E-state index contributed by atoms with van der Waals surface area (Å²) in [6.45, 7) is 0. The lowest BCUT2D eigenvalue weighted by Gasteiger charge is -2.49. The van der Waals surface area contributed by atoms with Gasteiger partial charge in [0.2, 0.25) is 17.6 Å².